The minimum atomic E-state index is -1.09. The monoisotopic (exact) mass is 192 g/mol. The molecule has 0 fully saturated rings. The molecule has 14 heavy (non-hydrogen) atoms. The Morgan fingerprint density at radius 1 is 1.50 bits per heavy atom. The number of pyridine rings is 1. The van der Waals surface area contributed by atoms with E-state index in [4.69, 9.17) is 5.11 Å². The maximum Gasteiger partial charge on any atom is 0.371 e. The number of anilines is 1. The second-order valence-electron chi connectivity index (χ2n) is 2.71. The number of aromatic nitrogens is 3. The van der Waals surface area contributed by atoms with Crippen molar-refractivity contribution in [1.29, 1.82) is 0 Å². The Kier molecular flexibility index (Phi) is 1.81. The van der Waals surface area contributed by atoms with Crippen LogP contribution >= 0.6 is 0 Å². The van der Waals surface area contributed by atoms with Crippen LogP contribution in [0.15, 0.2) is 12.1 Å². The van der Waals surface area contributed by atoms with Crippen LogP contribution in [-0.4, -0.2) is 33.1 Å². The molecule has 0 atom stereocenters. The lowest BCUT2D eigenvalue weighted by Crippen LogP contribution is -1.97. The van der Waals surface area contributed by atoms with Crippen molar-refractivity contribution in [3.63, 3.8) is 0 Å². The molecule has 0 spiro atoms. The van der Waals surface area contributed by atoms with Crippen molar-refractivity contribution >= 4 is 23.0 Å². The summed E-state index contributed by atoms with van der Waals surface area (Å²) in [7, 11) is 1.74. The second-order valence-corrected chi connectivity index (χ2v) is 2.71. The predicted octanol–water partition coefficient (Wildman–Crippen LogP) is 0.698. The van der Waals surface area contributed by atoms with E-state index in [0.29, 0.717) is 17.0 Å². The minimum Gasteiger partial charge on any atom is -0.475 e. The third-order valence-corrected chi connectivity index (χ3v) is 1.80. The summed E-state index contributed by atoms with van der Waals surface area (Å²) in [5.74, 6) is -0.532. The van der Waals surface area contributed by atoms with Crippen LogP contribution in [0.2, 0.25) is 0 Å². The van der Waals surface area contributed by atoms with Gasteiger partial charge in [-0.3, -0.25) is 0 Å². The highest BCUT2D eigenvalue weighted by Crippen LogP contribution is 2.12. The highest BCUT2D eigenvalue weighted by atomic mass is 16.4. The van der Waals surface area contributed by atoms with E-state index in [2.05, 4.69) is 20.3 Å². The van der Waals surface area contributed by atoms with Crippen LogP contribution in [0.25, 0.3) is 11.2 Å². The average Bonchev–Trinajstić information content (AvgIpc) is 2.59. The SMILES string of the molecule is CNc1ccc2[nH]c(C(=O)O)nc2n1. The number of nitrogens with zero attached hydrogens (tertiary/aromatic N) is 2. The van der Waals surface area contributed by atoms with Gasteiger partial charge in [0.15, 0.2) is 5.65 Å². The van der Waals surface area contributed by atoms with Crippen LogP contribution < -0.4 is 5.32 Å². The van der Waals surface area contributed by atoms with Crippen LogP contribution in [0.4, 0.5) is 5.82 Å². The van der Waals surface area contributed by atoms with E-state index in [1.54, 1.807) is 19.2 Å². The van der Waals surface area contributed by atoms with Gasteiger partial charge in [0, 0.05) is 7.05 Å². The van der Waals surface area contributed by atoms with Crippen molar-refractivity contribution in [2.75, 3.05) is 12.4 Å². The number of hydrogen-bond acceptors (Lipinski definition) is 4. The van der Waals surface area contributed by atoms with Crippen molar-refractivity contribution in [2.24, 2.45) is 0 Å². The first-order valence-electron chi connectivity index (χ1n) is 3.98. The first kappa shape index (κ1) is 8.49. The van der Waals surface area contributed by atoms with Gasteiger partial charge in [0.1, 0.15) is 5.82 Å². The number of carboxylic acid groups (broad SMARTS) is 1. The Bertz CT molecular complexity index is 491. The molecule has 0 aliphatic heterocycles. The molecule has 6 heteroatoms. The molecule has 0 unspecified atom stereocenters. The minimum absolute atomic E-state index is 0.0965. The number of fused-ring (bicyclic) bond motifs is 1. The topological polar surface area (TPSA) is 90.9 Å². The molecule has 0 saturated heterocycles. The Labute approximate surface area is 79.0 Å². The lowest BCUT2D eigenvalue weighted by Gasteiger charge is -1.95. The number of aromatic amines is 1. The summed E-state index contributed by atoms with van der Waals surface area (Å²) in [5.41, 5.74) is 1.01. The third kappa shape index (κ3) is 1.26. The van der Waals surface area contributed by atoms with Crippen LogP contribution in [0.1, 0.15) is 10.6 Å². The van der Waals surface area contributed by atoms with Crippen LogP contribution in [0.3, 0.4) is 0 Å². The van der Waals surface area contributed by atoms with Crippen LogP contribution in [0.5, 0.6) is 0 Å². The molecule has 0 bridgehead atoms. The van der Waals surface area contributed by atoms with E-state index in [1.807, 2.05) is 0 Å². The van der Waals surface area contributed by atoms with E-state index < -0.39 is 5.97 Å². The quantitative estimate of drug-likeness (QED) is 0.651. The molecule has 2 aromatic rings. The molecular formula is C8H8N4O2. The lowest BCUT2D eigenvalue weighted by atomic mass is 10.4. The summed E-state index contributed by atoms with van der Waals surface area (Å²) in [6.45, 7) is 0. The molecule has 0 aliphatic carbocycles. The molecule has 2 rings (SSSR count). The first-order valence-corrected chi connectivity index (χ1v) is 3.98. The van der Waals surface area contributed by atoms with Gasteiger partial charge in [0.25, 0.3) is 0 Å². The van der Waals surface area contributed by atoms with Gasteiger partial charge in [0.2, 0.25) is 5.82 Å². The van der Waals surface area contributed by atoms with Gasteiger partial charge in [-0.15, -0.1) is 0 Å². The lowest BCUT2D eigenvalue weighted by molar-refractivity contribution is 0.0685. The number of carbonyl (C=O) groups is 1. The van der Waals surface area contributed by atoms with Crippen LogP contribution in [-0.2, 0) is 0 Å². The maximum atomic E-state index is 10.6. The van der Waals surface area contributed by atoms with E-state index >= 15 is 0 Å². The van der Waals surface area contributed by atoms with Gasteiger partial charge in [0.05, 0.1) is 5.52 Å². The number of rotatable bonds is 2. The van der Waals surface area contributed by atoms with Gasteiger partial charge in [-0.1, -0.05) is 0 Å². The zero-order chi connectivity index (χ0) is 10.1. The van der Waals surface area contributed by atoms with E-state index in [-0.39, 0.29) is 5.82 Å². The molecule has 2 aromatic heterocycles. The van der Waals surface area contributed by atoms with Crippen molar-refractivity contribution in [1.82, 2.24) is 15.0 Å². The summed E-state index contributed by atoms with van der Waals surface area (Å²) >= 11 is 0. The summed E-state index contributed by atoms with van der Waals surface area (Å²) in [6.07, 6.45) is 0. The largest absolute Gasteiger partial charge is 0.475 e. The van der Waals surface area contributed by atoms with Gasteiger partial charge in [-0.2, -0.15) is 0 Å². The summed E-state index contributed by atoms with van der Waals surface area (Å²) in [6, 6.07) is 3.47. The number of carboxylic acids is 1. The summed E-state index contributed by atoms with van der Waals surface area (Å²) in [4.78, 5) is 21.1. The Morgan fingerprint density at radius 2 is 2.29 bits per heavy atom. The molecule has 0 saturated carbocycles. The highest BCUT2D eigenvalue weighted by Gasteiger charge is 2.09. The van der Waals surface area contributed by atoms with Gasteiger partial charge in [-0.25, -0.2) is 14.8 Å². The van der Waals surface area contributed by atoms with Crippen molar-refractivity contribution in [3.8, 4) is 0 Å². The van der Waals surface area contributed by atoms with E-state index in [0.717, 1.165) is 0 Å². The molecular weight excluding hydrogens is 184 g/mol. The molecule has 0 radical (unpaired) electrons. The van der Waals surface area contributed by atoms with Gasteiger partial charge in [-0.05, 0) is 12.1 Å². The molecule has 0 amide bonds. The van der Waals surface area contributed by atoms with Crippen molar-refractivity contribution in [3.05, 3.63) is 18.0 Å². The molecule has 6 nitrogen and oxygen atoms in total. The van der Waals surface area contributed by atoms with E-state index in [9.17, 15) is 4.79 Å². The van der Waals surface area contributed by atoms with Crippen molar-refractivity contribution < 1.29 is 9.90 Å². The summed E-state index contributed by atoms with van der Waals surface area (Å²) < 4.78 is 0. The molecule has 72 valence electrons. The Morgan fingerprint density at radius 3 is 2.93 bits per heavy atom. The highest BCUT2D eigenvalue weighted by molar-refractivity contribution is 5.88. The van der Waals surface area contributed by atoms with E-state index in [1.165, 1.54) is 0 Å². The number of hydrogen-bond donors (Lipinski definition) is 3. The number of nitrogens with one attached hydrogen (secondary N) is 2. The number of aromatic carboxylic acids is 1. The molecule has 2 heterocycles. The zero-order valence-electron chi connectivity index (χ0n) is 7.40. The molecule has 3 N–H and O–H groups in total. The third-order valence-electron chi connectivity index (χ3n) is 1.80. The van der Waals surface area contributed by atoms with Gasteiger partial charge < -0.3 is 15.4 Å². The Balaban J connectivity index is 2.60. The van der Waals surface area contributed by atoms with Crippen LogP contribution in [0, 0.1) is 0 Å². The fraction of sp³-hybridized carbons (Fsp3) is 0.125. The number of H-pyrrole nitrogens is 1. The maximum absolute atomic E-state index is 10.6. The standard InChI is InChI=1S/C8H8N4O2/c1-9-5-3-2-4-6(11-5)12-7(10-4)8(13)14/h2-3H,1H3,(H,13,14)(H2,9,10,11,12). The normalized spacial score (nSPS) is 10.4. The molecule has 0 aliphatic rings. The average molecular weight is 192 g/mol. The van der Waals surface area contributed by atoms with Crippen molar-refractivity contribution in [2.45, 2.75) is 0 Å². The first-order chi connectivity index (χ1) is 6.70. The fourth-order valence-corrected chi connectivity index (χ4v) is 1.13. The van der Waals surface area contributed by atoms with Gasteiger partial charge >= 0.3 is 5.97 Å². The summed E-state index contributed by atoms with van der Waals surface area (Å²) in [5, 5.41) is 11.5. The molecule has 0 aromatic carbocycles. The number of imidazole rings is 1. The smallest absolute Gasteiger partial charge is 0.371 e. The predicted molar refractivity (Wildman–Crippen MR) is 50.4 cm³/mol. The fourth-order valence-electron chi connectivity index (χ4n) is 1.13. The zero-order valence-corrected chi connectivity index (χ0v) is 7.40. The Hall–Kier alpha value is -2.11. The second kappa shape index (κ2) is 2.99.